The van der Waals surface area contributed by atoms with Gasteiger partial charge in [0.1, 0.15) is 11.5 Å². The van der Waals surface area contributed by atoms with E-state index < -0.39 is 6.10 Å². The van der Waals surface area contributed by atoms with Crippen molar-refractivity contribution >= 4 is 5.91 Å². The first-order valence-electron chi connectivity index (χ1n) is 7.20. The van der Waals surface area contributed by atoms with E-state index in [0.29, 0.717) is 17.9 Å². The van der Waals surface area contributed by atoms with Gasteiger partial charge in [-0.15, -0.1) is 0 Å². The van der Waals surface area contributed by atoms with Crippen LogP contribution in [-0.2, 0) is 11.3 Å². The first-order chi connectivity index (χ1) is 11.1. The van der Waals surface area contributed by atoms with Crippen LogP contribution in [0, 0.1) is 11.3 Å². The molecule has 1 amide bonds. The number of hydrogen-bond donors (Lipinski definition) is 1. The topological polar surface area (TPSA) is 71.3 Å². The molecule has 0 fully saturated rings. The standard InChI is InChI=1S/C18H18N2O3/c1-13(23-17-9-3-14(11-19)4-10-17)18(21)20-12-15-5-7-16(22-2)8-6-15/h3-10,13H,12H2,1-2H3,(H,20,21)/t13-/m0/s1. The number of benzene rings is 2. The van der Waals surface area contributed by atoms with E-state index >= 15 is 0 Å². The SMILES string of the molecule is COc1ccc(CNC(=O)[C@H](C)Oc2ccc(C#N)cc2)cc1. The lowest BCUT2D eigenvalue weighted by Gasteiger charge is -2.15. The minimum absolute atomic E-state index is 0.204. The minimum Gasteiger partial charge on any atom is -0.497 e. The summed E-state index contributed by atoms with van der Waals surface area (Å²) in [6, 6.07) is 16.2. The number of rotatable bonds is 6. The molecular weight excluding hydrogens is 292 g/mol. The quantitative estimate of drug-likeness (QED) is 0.890. The van der Waals surface area contributed by atoms with Gasteiger partial charge in [-0.05, 0) is 48.9 Å². The lowest BCUT2D eigenvalue weighted by atomic mass is 10.2. The number of carbonyl (C=O) groups is 1. The normalized spacial score (nSPS) is 11.2. The lowest BCUT2D eigenvalue weighted by molar-refractivity contribution is -0.127. The fraction of sp³-hybridized carbons (Fsp3) is 0.222. The van der Waals surface area contributed by atoms with Crippen LogP contribution in [0.15, 0.2) is 48.5 Å². The van der Waals surface area contributed by atoms with Gasteiger partial charge >= 0.3 is 0 Å². The second-order valence-corrected chi connectivity index (χ2v) is 4.96. The van der Waals surface area contributed by atoms with Gasteiger partial charge in [0.05, 0.1) is 18.7 Å². The number of methoxy groups -OCH3 is 1. The molecular formula is C18H18N2O3. The fourth-order valence-corrected chi connectivity index (χ4v) is 1.94. The Balaban J connectivity index is 1.85. The third kappa shape index (κ3) is 4.75. The summed E-state index contributed by atoms with van der Waals surface area (Å²) in [7, 11) is 1.61. The highest BCUT2D eigenvalue weighted by atomic mass is 16.5. The highest BCUT2D eigenvalue weighted by molar-refractivity contribution is 5.80. The van der Waals surface area contributed by atoms with Crippen LogP contribution in [0.5, 0.6) is 11.5 Å². The van der Waals surface area contributed by atoms with Crippen molar-refractivity contribution in [2.75, 3.05) is 7.11 Å². The molecule has 0 heterocycles. The zero-order valence-corrected chi connectivity index (χ0v) is 13.1. The Hall–Kier alpha value is -3.00. The monoisotopic (exact) mass is 310 g/mol. The van der Waals surface area contributed by atoms with Crippen LogP contribution < -0.4 is 14.8 Å². The molecule has 0 bridgehead atoms. The van der Waals surface area contributed by atoms with E-state index in [2.05, 4.69) is 5.32 Å². The summed E-state index contributed by atoms with van der Waals surface area (Å²) >= 11 is 0. The van der Waals surface area contributed by atoms with Crippen LogP contribution in [0.2, 0.25) is 0 Å². The number of nitrogens with zero attached hydrogens (tertiary/aromatic N) is 1. The predicted octanol–water partition coefficient (Wildman–Crippen LogP) is 2.65. The van der Waals surface area contributed by atoms with Crippen molar-refractivity contribution in [1.82, 2.24) is 5.32 Å². The number of amides is 1. The van der Waals surface area contributed by atoms with E-state index in [1.54, 1.807) is 38.3 Å². The molecule has 2 aromatic rings. The highest BCUT2D eigenvalue weighted by Gasteiger charge is 2.14. The third-order valence-electron chi connectivity index (χ3n) is 3.29. The van der Waals surface area contributed by atoms with Crippen LogP contribution in [0.3, 0.4) is 0 Å². The molecule has 23 heavy (non-hydrogen) atoms. The van der Waals surface area contributed by atoms with Gasteiger partial charge in [0.15, 0.2) is 6.10 Å². The van der Waals surface area contributed by atoms with Crippen molar-refractivity contribution in [2.45, 2.75) is 19.6 Å². The van der Waals surface area contributed by atoms with Crippen LogP contribution in [0.25, 0.3) is 0 Å². The van der Waals surface area contributed by atoms with Crippen LogP contribution in [0.1, 0.15) is 18.1 Å². The average molecular weight is 310 g/mol. The minimum atomic E-state index is -0.624. The molecule has 0 unspecified atom stereocenters. The number of nitrogens with one attached hydrogen (secondary N) is 1. The Labute approximate surface area is 135 Å². The molecule has 1 N–H and O–H groups in total. The molecule has 0 aliphatic rings. The molecule has 2 rings (SSSR count). The predicted molar refractivity (Wildman–Crippen MR) is 86.1 cm³/mol. The largest absolute Gasteiger partial charge is 0.497 e. The smallest absolute Gasteiger partial charge is 0.261 e. The van der Waals surface area contributed by atoms with Crippen molar-refractivity contribution in [3.05, 3.63) is 59.7 Å². The fourth-order valence-electron chi connectivity index (χ4n) is 1.94. The van der Waals surface area contributed by atoms with Gasteiger partial charge in [0.25, 0.3) is 5.91 Å². The van der Waals surface area contributed by atoms with Crippen LogP contribution in [0.4, 0.5) is 0 Å². The molecule has 1 atom stereocenters. The molecule has 0 aromatic heterocycles. The van der Waals surface area contributed by atoms with Crippen molar-refractivity contribution in [1.29, 1.82) is 5.26 Å². The summed E-state index contributed by atoms with van der Waals surface area (Å²) in [5.41, 5.74) is 1.53. The summed E-state index contributed by atoms with van der Waals surface area (Å²) in [5, 5.41) is 11.6. The van der Waals surface area contributed by atoms with Gasteiger partial charge in [-0.3, -0.25) is 4.79 Å². The molecule has 0 spiro atoms. The van der Waals surface area contributed by atoms with Gasteiger partial charge in [-0.2, -0.15) is 5.26 Å². The first kappa shape index (κ1) is 16.4. The lowest BCUT2D eigenvalue weighted by Crippen LogP contribution is -2.35. The Morgan fingerprint density at radius 1 is 1.13 bits per heavy atom. The Bertz CT molecular complexity index is 688. The molecule has 0 aliphatic heterocycles. The van der Waals surface area contributed by atoms with Crippen molar-refractivity contribution in [3.8, 4) is 17.6 Å². The second kappa shape index (κ2) is 7.85. The molecule has 5 heteroatoms. The van der Waals surface area contributed by atoms with E-state index in [1.807, 2.05) is 30.3 Å². The van der Waals surface area contributed by atoms with Crippen molar-refractivity contribution in [2.24, 2.45) is 0 Å². The molecule has 0 aliphatic carbocycles. The summed E-state index contributed by atoms with van der Waals surface area (Å²) in [6.45, 7) is 2.10. The van der Waals surface area contributed by atoms with E-state index in [-0.39, 0.29) is 5.91 Å². The molecule has 0 saturated carbocycles. The van der Waals surface area contributed by atoms with Gasteiger partial charge in [0, 0.05) is 6.54 Å². The van der Waals surface area contributed by atoms with Gasteiger partial charge < -0.3 is 14.8 Å². The summed E-state index contributed by atoms with van der Waals surface area (Å²) in [5.74, 6) is 1.12. The van der Waals surface area contributed by atoms with Gasteiger partial charge in [-0.25, -0.2) is 0 Å². The summed E-state index contributed by atoms with van der Waals surface area (Å²) < 4.78 is 10.6. The molecule has 118 valence electrons. The maximum absolute atomic E-state index is 12.1. The first-order valence-corrected chi connectivity index (χ1v) is 7.20. The maximum Gasteiger partial charge on any atom is 0.261 e. The van der Waals surface area contributed by atoms with Gasteiger partial charge in [0.2, 0.25) is 0 Å². The summed E-state index contributed by atoms with van der Waals surface area (Å²) in [4.78, 5) is 12.1. The Kier molecular flexibility index (Phi) is 5.59. The van der Waals surface area contributed by atoms with Gasteiger partial charge in [-0.1, -0.05) is 12.1 Å². The van der Waals surface area contributed by atoms with Crippen LogP contribution >= 0.6 is 0 Å². The highest BCUT2D eigenvalue weighted by Crippen LogP contribution is 2.14. The van der Waals surface area contributed by atoms with E-state index in [0.717, 1.165) is 11.3 Å². The second-order valence-electron chi connectivity index (χ2n) is 4.96. The summed E-state index contributed by atoms with van der Waals surface area (Å²) in [6.07, 6.45) is -0.624. The van der Waals surface area contributed by atoms with Crippen molar-refractivity contribution in [3.63, 3.8) is 0 Å². The van der Waals surface area contributed by atoms with E-state index in [4.69, 9.17) is 14.7 Å². The number of ether oxygens (including phenoxy) is 2. The molecule has 2 aromatic carbocycles. The molecule has 0 saturated heterocycles. The maximum atomic E-state index is 12.1. The zero-order valence-electron chi connectivity index (χ0n) is 13.1. The van der Waals surface area contributed by atoms with Crippen molar-refractivity contribution < 1.29 is 14.3 Å². The molecule has 5 nitrogen and oxygen atoms in total. The van der Waals surface area contributed by atoms with E-state index in [9.17, 15) is 4.79 Å². The molecule has 0 radical (unpaired) electrons. The van der Waals surface area contributed by atoms with E-state index in [1.165, 1.54) is 0 Å². The Morgan fingerprint density at radius 3 is 2.30 bits per heavy atom. The number of hydrogen-bond acceptors (Lipinski definition) is 4. The number of nitriles is 1. The third-order valence-corrected chi connectivity index (χ3v) is 3.29. The Morgan fingerprint density at radius 2 is 1.74 bits per heavy atom. The average Bonchev–Trinajstić information content (AvgIpc) is 2.60. The van der Waals surface area contributed by atoms with Crippen LogP contribution in [-0.4, -0.2) is 19.1 Å². The number of carbonyl (C=O) groups excluding carboxylic acids is 1. The zero-order chi connectivity index (χ0) is 16.7.